The second kappa shape index (κ2) is 4.65. The van der Waals surface area contributed by atoms with Crippen molar-refractivity contribution in [1.82, 2.24) is 4.30 Å². The first-order chi connectivity index (χ1) is 3.27. The van der Waals surface area contributed by atoms with Gasteiger partial charge in [-0.05, 0) is 13.0 Å². The molecule has 0 spiro atoms. The van der Waals surface area contributed by atoms with Gasteiger partial charge >= 0.3 is 14.4 Å². The third-order valence-corrected chi connectivity index (χ3v) is 1.91. The van der Waals surface area contributed by atoms with E-state index in [0.717, 1.165) is 0 Å². The molecule has 1 nitrogen and oxygen atoms in total. The SMILES string of the molecule is CCC[NH][Al]([CH3])[CH3]. The van der Waals surface area contributed by atoms with Crippen LogP contribution in [-0.2, 0) is 0 Å². The molecular formula is C5H14AlN. The Labute approximate surface area is 50.7 Å². The van der Waals surface area contributed by atoms with E-state index in [-0.39, 0.29) is 0 Å². The molecule has 7 heavy (non-hydrogen) atoms. The van der Waals surface area contributed by atoms with Crippen LogP contribution in [0.4, 0.5) is 0 Å². The first-order valence-electron chi connectivity index (χ1n) is 3.00. The molecule has 0 heterocycles. The van der Waals surface area contributed by atoms with Gasteiger partial charge in [0.05, 0.1) is 0 Å². The van der Waals surface area contributed by atoms with Crippen molar-refractivity contribution in [3.8, 4) is 0 Å². The van der Waals surface area contributed by atoms with Crippen molar-refractivity contribution >= 4 is 14.4 Å². The van der Waals surface area contributed by atoms with E-state index in [2.05, 4.69) is 22.8 Å². The summed E-state index contributed by atoms with van der Waals surface area (Å²) in [6.45, 7) is 3.41. The minimum Gasteiger partial charge on any atom is -0.399 e. The summed E-state index contributed by atoms with van der Waals surface area (Å²) in [5.74, 6) is 4.60. The topological polar surface area (TPSA) is 12.0 Å². The third kappa shape index (κ3) is 6.49. The van der Waals surface area contributed by atoms with Gasteiger partial charge in [0.25, 0.3) is 0 Å². The van der Waals surface area contributed by atoms with Crippen molar-refractivity contribution in [2.75, 3.05) is 6.54 Å². The Morgan fingerprint density at radius 2 is 2.00 bits per heavy atom. The summed E-state index contributed by atoms with van der Waals surface area (Å²) in [5.41, 5.74) is 0. The van der Waals surface area contributed by atoms with E-state index < -0.39 is 14.4 Å². The van der Waals surface area contributed by atoms with E-state index in [1.807, 2.05) is 0 Å². The van der Waals surface area contributed by atoms with Gasteiger partial charge in [-0.25, -0.2) is 0 Å². The summed E-state index contributed by atoms with van der Waals surface area (Å²) in [4.78, 5) is 0. The normalized spacial score (nSPS) is 9.00. The van der Waals surface area contributed by atoms with E-state index in [4.69, 9.17) is 0 Å². The highest BCUT2D eigenvalue weighted by Gasteiger charge is 1.96. The molecule has 2 heteroatoms. The van der Waals surface area contributed by atoms with Crippen molar-refractivity contribution < 1.29 is 0 Å². The Balaban J connectivity index is 2.68. The summed E-state index contributed by atoms with van der Waals surface area (Å²) in [7, 11) is 0. The first kappa shape index (κ1) is 7.49. The Kier molecular flexibility index (Phi) is 4.97. The molecule has 0 bridgehead atoms. The van der Waals surface area contributed by atoms with Gasteiger partial charge in [0.15, 0.2) is 0 Å². The molecular weight excluding hydrogens is 101 g/mol. The number of hydrogen-bond donors (Lipinski definition) is 1. The maximum atomic E-state index is 3.43. The molecule has 0 aromatic carbocycles. The molecule has 0 saturated carbocycles. The van der Waals surface area contributed by atoms with Gasteiger partial charge in [-0.3, -0.25) is 0 Å². The first-order valence-corrected chi connectivity index (χ1v) is 5.89. The van der Waals surface area contributed by atoms with Gasteiger partial charge in [0, 0.05) is 0 Å². The maximum absolute atomic E-state index is 3.43. The summed E-state index contributed by atoms with van der Waals surface area (Å²) >= 11 is -0.438. The maximum Gasteiger partial charge on any atom is 0.363 e. The van der Waals surface area contributed by atoms with Crippen LogP contribution in [0.3, 0.4) is 0 Å². The zero-order valence-corrected chi connectivity index (χ0v) is 6.65. The fourth-order valence-corrected chi connectivity index (χ4v) is 1.30. The van der Waals surface area contributed by atoms with Gasteiger partial charge in [-0.2, -0.15) is 0 Å². The molecule has 0 aliphatic carbocycles. The van der Waals surface area contributed by atoms with Crippen molar-refractivity contribution in [3.63, 3.8) is 0 Å². The summed E-state index contributed by atoms with van der Waals surface area (Å²) in [5, 5.41) is 0. The number of nitrogens with one attached hydrogen (secondary N) is 1. The minimum absolute atomic E-state index is 0.438. The Morgan fingerprint density at radius 1 is 1.43 bits per heavy atom. The Hall–Kier alpha value is 0.492. The highest BCUT2D eigenvalue weighted by Crippen LogP contribution is 1.73. The fourth-order valence-electron chi connectivity index (χ4n) is 0.433. The standard InChI is InChI=1S/C3H8N.2CH3.Al/c1-2-3-4;;;/h4H,2-3H2,1H3;2*1H3;/q-1;;;+1. The molecule has 0 atom stereocenters. The number of rotatable bonds is 3. The average Bonchev–Trinajstić information content (AvgIpc) is 1.61. The molecule has 0 unspecified atom stereocenters. The van der Waals surface area contributed by atoms with Crippen molar-refractivity contribution in [3.05, 3.63) is 0 Å². The van der Waals surface area contributed by atoms with Crippen LogP contribution in [0, 0.1) is 0 Å². The Bertz CT molecular complexity index is 37.1. The van der Waals surface area contributed by atoms with E-state index >= 15 is 0 Å². The highest BCUT2D eigenvalue weighted by atomic mass is 27.2. The minimum atomic E-state index is -0.438. The van der Waals surface area contributed by atoms with Gasteiger partial charge in [0.1, 0.15) is 0 Å². The molecule has 0 fully saturated rings. The molecule has 0 aromatic rings. The van der Waals surface area contributed by atoms with Crippen LogP contribution >= 0.6 is 0 Å². The summed E-state index contributed by atoms with van der Waals surface area (Å²) in [6, 6.07) is 0. The lowest BCUT2D eigenvalue weighted by Gasteiger charge is -1.98. The second-order valence-corrected chi connectivity index (χ2v) is 4.83. The zero-order chi connectivity index (χ0) is 5.70. The van der Waals surface area contributed by atoms with Crippen LogP contribution in [0.5, 0.6) is 0 Å². The van der Waals surface area contributed by atoms with Crippen molar-refractivity contribution in [2.45, 2.75) is 24.9 Å². The molecule has 0 radical (unpaired) electrons. The molecule has 0 saturated heterocycles. The predicted octanol–water partition coefficient (Wildman–Crippen LogP) is 1.24. The zero-order valence-electron chi connectivity index (χ0n) is 5.49. The van der Waals surface area contributed by atoms with Crippen LogP contribution in [0.15, 0.2) is 0 Å². The average molecular weight is 115 g/mol. The monoisotopic (exact) mass is 115 g/mol. The largest absolute Gasteiger partial charge is 0.399 e. The van der Waals surface area contributed by atoms with Crippen molar-refractivity contribution in [2.24, 2.45) is 0 Å². The molecule has 0 amide bonds. The van der Waals surface area contributed by atoms with Crippen LogP contribution < -0.4 is 4.30 Å². The second-order valence-electron chi connectivity index (χ2n) is 2.11. The molecule has 0 aliphatic rings. The van der Waals surface area contributed by atoms with Crippen molar-refractivity contribution in [1.29, 1.82) is 0 Å². The van der Waals surface area contributed by atoms with E-state index in [9.17, 15) is 0 Å². The molecule has 0 rings (SSSR count). The molecule has 0 aliphatic heterocycles. The number of hydrogen-bond acceptors (Lipinski definition) is 1. The third-order valence-electron chi connectivity index (χ3n) is 0.803. The smallest absolute Gasteiger partial charge is 0.363 e. The lowest BCUT2D eigenvalue weighted by molar-refractivity contribution is 0.853. The molecule has 0 aromatic heterocycles. The van der Waals surface area contributed by atoms with Crippen LogP contribution in [0.2, 0.25) is 11.6 Å². The highest BCUT2D eigenvalue weighted by molar-refractivity contribution is 6.52. The lowest BCUT2D eigenvalue weighted by Crippen LogP contribution is -2.27. The van der Waals surface area contributed by atoms with Crippen LogP contribution in [0.25, 0.3) is 0 Å². The Morgan fingerprint density at radius 3 is 2.14 bits per heavy atom. The van der Waals surface area contributed by atoms with Gasteiger partial charge in [-0.1, -0.05) is 18.5 Å². The van der Waals surface area contributed by atoms with Crippen LogP contribution in [-0.4, -0.2) is 20.9 Å². The lowest BCUT2D eigenvalue weighted by atomic mass is 10.5. The predicted molar refractivity (Wildman–Crippen MR) is 35.8 cm³/mol. The fraction of sp³-hybridized carbons (Fsp3) is 1.00. The van der Waals surface area contributed by atoms with E-state index in [1.54, 1.807) is 0 Å². The van der Waals surface area contributed by atoms with Gasteiger partial charge < -0.3 is 4.30 Å². The summed E-state index contributed by atoms with van der Waals surface area (Å²) < 4.78 is 3.43. The van der Waals surface area contributed by atoms with Gasteiger partial charge in [-0.15, -0.1) is 0 Å². The van der Waals surface area contributed by atoms with E-state index in [1.165, 1.54) is 13.0 Å². The molecule has 42 valence electrons. The van der Waals surface area contributed by atoms with Gasteiger partial charge in [0.2, 0.25) is 0 Å². The van der Waals surface area contributed by atoms with Crippen LogP contribution in [0.1, 0.15) is 13.3 Å². The quantitative estimate of drug-likeness (QED) is 0.545. The van der Waals surface area contributed by atoms with E-state index in [0.29, 0.717) is 0 Å². The summed E-state index contributed by atoms with van der Waals surface area (Å²) in [6.07, 6.45) is 1.27. The molecule has 1 N–H and O–H groups in total.